The van der Waals surface area contributed by atoms with Crippen LogP contribution in [-0.2, 0) is 11.2 Å². The van der Waals surface area contributed by atoms with Gasteiger partial charge in [0.1, 0.15) is 11.5 Å². The normalized spacial score (nSPS) is 10.3. The number of alkyl halides is 2. The molecule has 0 aliphatic heterocycles. The molecule has 4 heteroatoms. The van der Waals surface area contributed by atoms with Gasteiger partial charge in [-0.2, -0.15) is 8.78 Å². The van der Waals surface area contributed by atoms with Gasteiger partial charge in [-0.15, -0.1) is 0 Å². The summed E-state index contributed by atoms with van der Waals surface area (Å²) >= 11 is 0. The quantitative estimate of drug-likeness (QED) is 0.746. The maximum Gasteiger partial charge on any atom is 0.387 e. The summed E-state index contributed by atoms with van der Waals surface area (Å²) in [5, 5.41) is 0. The first-order valence-electron chi connectivity index (χ1n) is 4.11. The molecule has 0 aliphatic rings. The molecule has 0 saturated heterocycles. The predicted molar refractivity (Wildman–Crippen MR) is 47.5 cm³/mol. The van der Waals surface area contributed by atoms with Crippen molar-refractivity contribution in [1.29, 1.82) is 0 Å². The summed E-state index contributed by atoms with van der Waals surface area (Å²) in [5.74, 6) is 0.0675. The van der Waals surface area contributed by atoms with Crippen molar-refractivity contribution in [2.24, 2.45) is 0 Å². The maximum atomic E-state index is 11.8. The monoisotopic (exact) mass is 200 g/mol. The van der Waals surface area contributed by atoms with Crippen LogP contribution in [0.1, 0.15) is 12.5 Å². The molecule has 1 rings (SSSR count). The number of ether oxygens (including phenoxy) is 1. The number of Topliss-reactive ketones (excluding diaryl/α,β-unsaturated/α-hetero) is 1. The van der Waals surface area contributed by atoms with Crippen LogP contribution in [0.3, 0.4) is 0 Å². The highest BCUT2D eigenvalue weighted by molar-refractivity contribution is 5.78. The molecule has 0 amide bonds. The van der Waals surface area contributed by atoms with E-state index in [1.807, 2.05) is 0 Å². The van der Waals surface area contributed by atoms with Crippen LogP contribution in [0, 0.1) is 0 Å². The first-order chi connectivity index (χ1) is 6.58. The molecule has 0 heterocycles. The first kappa shape index (κ1) is 10.6. The van der Waals surface area contributed by atoms with E-state index in [1.54, 1.807) is 12.1 Å². The van der Waals surface area contributed by atoms with Crippen LogP contribution in [0.5, 0.6) is 5.75 Å². The minimum absolute atomic E-state index is 0.0146. The summed E-state index contributed by atoms with van der Waals surface area (Å²) in [6, 6.07) is 6.14. The molecule has 0 radical (unpaired) electrons. The smallest absolute Gasteiger partial charge is 0.387 e. The Morgan fingerprint density at radius 2 is 2.21 bits per heavy atom. The predicted octanol–water partition coefficient (Wildman–Crippen LogP) is 2.42. The number of hydrogen-bond donors (Lipinski definition) is 0. The SMILES string of the molecule is CC(=O)Cc1cccc(OC(F)F)c1. The Morgan fingerprint density at radius 3 is 2.79 bits per heavy atom. The van der Waals surface area contributed by atoms with E-state index in [2.05, 4.69) is 4.74 Å². The number of carbonyl (C=O) groups is 1. The third-order valence-electron chi connectivity index (χ3n) is 1.58. The molecule has 0 fully saturated rings. The molecule has 0 aromatic heterocycles. The average Bonchev–Trinajstić information content (AvgIpc) is 2.01. The highest BCUT2D eigenvalue weighted by Gasteiger charge is 2.05. The van der Waals surface area contributed by atoms with Gasteiger partial charge in [0.15, 0.2) is 0 Å². The average molecular weight is 200 g/mol. The first-order valence-corrected chi connectivity index (χ1v) is 4.11. The van der Waals surface area contributed by atoms with Crippen LogP contribution < -0.4 is 4.74 Å². The van der Waals surface area contributed by atoms with Gasteiger partial charge in [0.05, 0.1) is 0 Å². The zero-order valence-electron chi connectivity index (χ0n) is 7.67. The minimum Gasteiger partial charge on any atom is -0.435 e. The summed E-state index contributed by atoms with van der Waals surface area (Å²) in [6.45, 7) is -1.39. The summed E-state index contributed by atoms with van der Waals surface area (Å²) in [5.41, 5.74) is 0.677. The van der Waals surface area contributed by atoms with Crippen molar-refractivity contribution in [3.63, 3.8) is 0 Å². The molecule has 0 bridgehead atoms. The van der Waals surface area contributed by atoms with Gasteiger partial charge in [0.2, 0.25) is 0 Å². The highest BCUT2D eigenvalue weighted by atomic mass is 19.3. The van der Waals surface area contributed by atoms with Crippen molar-refractivity contribution in [1.82, 2.24) is 0 Å². The molecule has 2 nitrogen and oxygen atoms in total. The lowest BCUT2D eigenvalue weighted by atomic mass is 10.1. The van der Waals surface area contributed by atoms with E-state index < -0.39 is 6.61 Å². The van der Waals surface area contributed by atoms with Crippen molar-refractivity contribution in [3.05, 3.63) is 29.8 Å². The Hall–Kier alpha value is -1.45. The lowest BCUT2D eigenvalue weighted by molar-refractivity contribution is -0.116. The topological polar surface area (TPSA) is 26.3 Å². The molecule has 0 aliphatic carbocycles. The van der Waals surface area contributed by atoms with Crippen molar-refractivity contribution >= 4 is 5.78 Å². The standard InChI is InChI=1S/C10H10F2O2/c1-7(13)5-8-3-2-4-9(6-8)14-10(11)12/h2-4,6,10H,5H2,1H3. The van der Waals surface area contributed by atoms with Gasteiger partial charge in [0, 0.05) is 6.42 Å². The van der Waals surface area contributed by atoms with E-state index in [9.17, 15) is 13.6 Å². The van der Waals surface area contributed by atoms with E-state index in [0.29, 0.717) is 5.56 Å². The van der Waals surface area contributed by atoms with Crippen LogP contribution in [0.15, 0.2) is 24.3 Å². The lowest BCUT2D eigenvalue weighted by Gasteiger charge is -2.05. The Labute approximate surface area is 80.5 Å². The number of hydrogen-bond acceptors (Lipinski definition) is 2. The van der Waals surface area contributed by atoms with Crippen molar-refractivity contribution in [3.8, 4) is 5.75 Å². The molecule has 76 valence electrons. The molecule has 14 heavy (non-hydrogen) atoms. The molecule has 0 unspecified atom stereocenters. The van der Waals surface area contributed by atoms with Crippen molar-refractivity contribution in [2.75, 3.05) is 0 Å². The third kappa shape index (κ3) is 3.51. The zero-order chi connectivity index (χ0) is 10.6. The van der Waals surface area contributed by atoms with Gasteiger partial charge in [-0.05, 0) is 24.6 Å². The second-order valence-corrected chi connectivity index (χ2v) is 2.90. The summed E-state index contributed by atoms with van der Waals surface area (Å²) in [4.78, 5) is 10.8. The van der Waals surface area contributed by atoms with E-state index in [1.165, 1.54) is 19.1 Å². The van der Waals surface area contributed by atoms with Gasteiger partial charge in [-0.25, -0.2) is 0 Å². The number of rotatable bonds is 4. The minimum atomic E-state index is -2.83. The number of ketones is 1. The third-order valence-corrected chi connectivity index (χ3v) is 1.58. The van der Waals surface area contributed by atoms with Gasteiger partial charge < -0.3 is 4.74 Å². The molecule has 0 N–H and O–H groups in total. The Kier molecular flexibility index (Phi) is 3.56. The van der Waals surface area contributed by atoms with Gasteiger partial charge in [-0.3, -0.25) is 4.79 Å². The number of benzene rings is 1. The lowest BCUT2D eigenvalue weighted by Crippen LogP contribution is -2.03. The van der Waals surface area contributed by atoms with Crippen LogP contribution in [0.25, 0.3) is 0 Å². The summed E-state index contributed by atoms with van der Waals surface area (Å²) < 4.78 is 27.8. The van der Waals surface area contributed by atoms with E-state index >= 15 is 0 Å². The largest absolute Gasteiger partial charge is 0.435 e. The van der Waals surface area contributed by atoms with Crippen molar-refractivity contribution in [2.45, 2.75) is 20.0 Å². The molecule has 1 aromatic rings. The van der Waals surface area contributed by atoms with Crippen LogP contribution >= 0.6 is 0 Å². The fourth-order valence-electron chi connectivity index (χ4n) is 1.12. The second kappa shape index (κ2) is 4.69. The fraction of sp³-hybridized carbons (Fsp3) is 0.300. The summed E-state index contributed by atoms with van der Waals surface area (Å²) in [6.07, 6.45) is 0.237. The number of halogens is 2. The maximum absolute atomic E-state index is 11.8. The van der Waals surface area contributed by atoms with Gasteiger partial charge >= 0.3 is 6.61 Å². The molecule has 0 saturated carbocycles. The highest BCUT2D eigenvalue weighted by Crippen LogP contribution is 2.16. The van der Waals surface area contributed by atoms with E-state index in [0.717, 1.165) is 0 Å². The van der Waals surface area contributed by atoms with Gasteiger partial charge in [0.25, 0.3) is 0 Å². The number of carbonyl (C=O) groups excluding carboxylic acids is 1. The molecule has 1 aromatic carbocycles. The molecular formula is C10H10F2O2. The Bertz CT molecular complexity index is 324. The molecule has 0 atom stereocenters. The van der Waals surface area contributed by atoms with E-state index in [-0.39, 0.29) is 18.0 Å². The van der Waals surface area contributed by atoms with Crippen LogP contribution in [0.4, 0.5) is 8.78 Å². The Balaban J connectivity index is 2.73. The molecular weight excluding hydrogens is 190 g/mol. The van der Waals surface area contributed by atoms with Gasteiger partial charge in [-0.1, -0.05) is 12.1 Å². The van der Waals surface area contributed by atoms with Crippen molar-refractivity contribution < 1.29 is 18.3 Å². The zero-order valence-corrected chi connectivity index (χ0v) is 7.67. The summed E-state index contributed by atoms with van der Waals surface area (Å²) in [7, 11) is 0. The van der Waals surface area contributed by atoms with Crippen LogP contribution in [0.2, 0.25) is 0 Å². The van der Waals surface area contributed by atoms with E-state index in [4.69, 9.17) is 0 Å². The van der Waals surface area contributed by atoms with Crippen LogP contribution in [-0.4, -0.2) is 12.4 Å². The second-order valence-electron chi connectivity index (χ2n) is 2.90. The Morgan fingerprint density at radius 1 is 1.50 bits per heavy atom. The molecule has 0 spiro atoms. The fourth-order valence-corrected chi connectivity index (χ4v) is 1.12.